The molecule has 0 saturated carbocycles. The molecule has 0 radical (unpaired) electrons. The first-order valence-electron chi connectivity index (χ1n) is 6.02. The van der Waals surface area contributed by atoms with E-state index in [0.717, 1.165) is 22.4 Å². The van der Waals surface area contributed by atoms with Crippen molar-refractivity contribution in [2.24, 2.45) is 0 Å². The van der Waals surface area contributed by atoms with Crippen LogP contribution in [0.3, 0.4) is 0 Å². The van der Waals surface area contributed by atoms with Crippen LogP contribution in [-0.4, -0.2) is 20.9 Å². The zero-order valence-electron chi connectivity index (χ0n) is 11.1. The van der Waals surface area contributed by atoms with Crippen molar-refractivity contribution in [2.45, 2.75) is 20.4 Å². The highest BCUT2D eigenvalue weighted by molar-refractivity contribution is 5.87. The van der Waals surface area contributed by atoms with Crippen LogP contribution in [0.25, 0.3) is 11.3 Å². The summed E-state index contributed by atoms with van der Waals surface area (Å²) in [6, 6.07) is 7.70. The molecule has 0 aliphatic carbocycles. The number of aryl methyl sites for hydroxylation is 2. The molecule has 4 heteroatoms. The Morgan fingerprint density at radius 2 is 2.16 bits per heavy atom. The van der Waals surface area contributed by atoms with E-state index in [4.69, 9.17) is 5.11 Å². The van der Waals surface area contributed by atoms with Gasteiger partial charge in [0.1, 0.15) is 0 Å². The normalized spacial score (nSPS) is 10.4. The van der Waals surface area contributed by atoms with E-state index in [1.165, 1.54) is 0 Å². The highest BCUT2D eigenvalue weighted by atomic mass is 16.4. The van der Waals surface area contributed by atoms with Gasteiger partial charge in [0.25, 0.3) is 0 Å². The van der Waals surface area contributed by atoms with Gasteiger partial charge in [0, 0.05) is 5.56 Å². The number of carbonyl (C=O) groups is 1. The first-order chi connectivity index (χ1) is 9.02. The van der Waals surface area contributed by atoms with E-state index in [0.29, 0.717) is 6.54 Å². The largest absolute Gasteiger partial charge is 0.476 e. The Bertz CT molecular complexity index is 642. The number of hydrogen-bond acceptors (Lipinski definition) is 2. The Morgan fingerprint density at radius 1 is 1.42 bits per heavy atom. The van der Waals surface area contributed by atoms with Gasteiger partial charge in [-0.2, -0.15) is 5.10 Å². The fourth-order valence-electron chi connectivity index (χ4n) is 2.01. The van der Waals surface area contributed by atoms with Gasteiger partial charge in [-0.1, -0.05) is 23.8 Å². The molecule has 1 aromatic heterocycles. The maximum Gasteiger partial charge on any atom is 0.356 e. The van der Waals surface area contributed by atoms with Gasteiger partial charge in [0.2, 0.25) is 0 Å². The number of aromatic carboxylic acids is 1. The van der Waals surface area contributed by atoms with Crippen LogP contribution in [0, 0.1) is 13.8 Å². The minimum absolute atomic E-state index is 0.0535. The van der Waals surface area contributed by atoms with E-state index in [1.54, 1.807) is 16.8 Å². The maximum atomic E-state index is 11.1. The van der Waals surface area contributed by atoms with Crippen molar-refractivity contribution in [3.05, 3.63) is 53.7 Å². The predicted molar refractivity (Wildman–Crippen MR) is 74.3 cm³/mol. The number of rotatable bonds is 4. The highest BCUT2D eigenvalue weighted by Gasteiger charge is 2.15. The lowest BCUT2D eigenvalue weighted by atomic mass is 10.0. The Hall–Kier alpha value is -2.36. The lowest BCUT2D eigenvalue weighted by molar-refractivity contribution is 0.0689. The molecule has 0 unspecified atom stereocenters. The van der Waals surface area contributed by atoms with Gasteiger partial charge < -0.3 is 5.11 Å². The summed E-state index contributed by atoms with van der Waals surface area (Å²) in [4.78, 5) is 11.1. The van der Waals surface area contributed by atoms with Gasteiger partial charge in [-0.3, -0.25) is 4.68 Å². The first-order valence-corrected chi connectivity index (χ1v) is 6.02. The number of aromatic nitrogens is 2. The maximum absolute atomic E-state index is 11.1. The summed E-state index contributed by atoms with van der Waals surface area (Å²) in [5.74, 6) is -1.02. The molecular formula is C15H16N2O2. The van der Waals surface area contributed by atoms with Crippen molar-refractivity contribution in [3.63, 3.8) is 0 Å². The monoisotopic (exact) mass is 256 g/mol. The second-order valence-corrected chi connectivity index (χ2v) is 4.51. The van der Waals surface area contributed by atoms with Crippen molar-refractivity contribution in [1.82, 2.24) is 9.78 Å². The molecule has 0 spiro atoms. The average molecular weight is 256 g/mol. The lowest BCUT2D eigenvalue weighted by Crippen LogP contribution is -2.03. The van der Waals surface area contributed by atoms with Crippen LogP contribution >= 0.6 is 0 Å². The van der Waals surface area contributed by atoms with Crippen LogP contribution < -0.4 is 0 Å². The van der Waals surface area contributed by atoms with Gasteiger partial charge in [0.05, 0.1) is 12.2 Å². The van der Waals surface area contributed by atoms with Crippen LogP contribution in [0.5, 0.6) is 0 Å². The molecule has 4 nitrogen and oxygen atoms in total. The van der Waals surface area contributed by atoms with Gasteiger partial charge in [-0.15, -0.1) is 6.58 Å². The van der Waals surface area contributed by atoms with Crippen LogP contribution in [0.1, 0.15) is 21.6 Å². The van der Waals surface area contributed by atoms with Gasteiger partial charge in [-0.25, -0.2) is 4.79 Å². The minimum atomic E-state index is -1.02. The van der Waals surface area contributed by atoms with Crippen molar-refractivity contribution in [3.8, 4) is 11.3 Å². The molecule has 98 valence electrons. The number of carboxylic acid groups (broad SMARTS) is 1. The molecule has 2 rings (SSSR count). The van der Waals surface area contributed by atoms with Crippen molar-refractivity contribution in [2.75, 3.05) is 0 Å². The molecule has 1 heterocycles. The molecule has 0 saturated heterocycles. The Balaban J connectivity index is 2.62. The summed E-state index contributed by atoms with van der Waals surface area (Å²) in [6.45, 7) is 8.17. The smallest absolute Gasteiger partial charge is 0.356 e. The molecule has 19 heavy (non-hydrogen) atoms. The number of benzene rings is 1. The topological polar surface area (TPSA) is 55.1 Å². The number of allylic oxidation sites excluding steroid dienone is 1. The molecule has 0 fully saturated rings. The summed E-state index contributed by atoms with van der Waals surface area (Å²) in [5, 5.41) is 13.2. The van der Waals surface area contributed by atoms with E-state index >= 15 is 0 Å². The highest BCUT2D eigenvalue weighted by Crippen LogP contribution is 2.25. The SMILES string of the molecule is C=CCn1nc(C(=O)O)cc1-c1cc(C)ccc1C. The first kappa shape index (κ1) is 13.1. The van der Waals surface area contributed by atoms with Crippen LogP contribution in [0.15, 0.2) is 36.9 Å². The van der Waals surface area contributed by atoms with Gasteiger partial charge >= 0.3 is 5.97 Å². The fraction of sp³-hybridized carbons (Fsp3) is 0.200. The summed E-state index contributed by atoms with van der Waals surface area (Å²) in [7, 11) is 0. The van der Waals surface area contributed by atoms with Crippen LogP contribution in [0.2, 0.25) is 0 Å². The van der Waals surface area contributed by atoms with Crippen molar-refractivity contribution >= 4 is 5.97 Å². The summed E-state index contributed by atoms with van der Waals surface area (Å²) < 4.78 is 1.66. The third-order valence-electron chi connectivity index (χ3n) is 2.97. The zero-order chi connectivity index (χ0) is 14.0. The Labute approximate surface area is 112 Å². The molecule has 0 aliphatic heterocycles. The fourth-order valence-corrected chi connectivity index (χ4v) is 2.01. The van der Waals surface area contributed by atoms with Gasteiger partial charge in [0.15, 0.2) is 5.69 Å². The van der Waals surface area contributed by atoms with E-state index in [9.17, 15) is 4.79 Å². The quantitative estimate of drug-likeness (QED) is 0.855. The summed E-state index contributed by atoms with van der Waals surface area (Å²) >= 11 is 0. The number of hydrogen-bond donors (Lipinski definition) is 1. The lowest BCUT2D eigenvalue weighted by Gasteiger charge is -2.09. The molecule has 0 amide bonds. The summed E-state index contributed by atoms with van der Waals surface area (Å²) in [5.41, 5.74) is 4.08. The number of nitrogens with zero attached hydrogens (tertiary/aromatic N) is 2. The van der Waals surface area contributed by atoms with Gasteiger partial charge in [-0.05, 0) is 31.5 Å². The molecule has 0 atom stereocenters. The van der Waals surface area contributed by atoms with Crippen LogP contribution in [0.4, 0.5) is 0 Å². The summed E-state index contributed by atoms with van der Waals surface area (Å²) in [6.07, 6.45) is 1.70. The second-order valence-electron chi connectivity index (χ2n) is 4.51. The predicted octanol–water partition coefficient (Wildman–Crippen LogP) is 3.05. The molecular weight excluding hydrogens is 240 g/mol. The second kappa shape index (κ2) is 5.10. The molecule has 1 N–H and O–H groups in total. The third-order valence-corrected chi connectivity index (χ3v) is 2.97. The van der Waals surface area contributed by atoms with Crippen LogP contribution in [-0.2, 0) is 6.54 Å². The van der Waals surface area contributed by atoms with Crippen molar-refractivity contribution < 1.29 is 9.90 Å². The molecule has 0 aliphatic rings. The molecule has 2 aromatic rings. The minimum Gasteiger partial charge on any atom is -0.476 e. The molecule has 0 bridgehead atoms. The van der Waals surface area contributed by atoms with E-state index in [-0.39, 0.29) is 5.69 Å². The standard InChI is InChI=1S/C15H16N2O2/c1-4-7-17-14(9-13(16-17)15(18)19)12-8-10(2)5-6-11(12)3/h4-6,8-9H,1,7H2,2-3H3,(H,18,19). The van der Waals surface area contributed by atoms with Crippen molar-refractivity contribution in [1.29, 1.82) is 0 Å². The third kappa shape index (κ3) is 2.57. The van der Waals surface area contributed by atoms with E-state index in [1.807, 2.05) is 32.0 Å². The average Bonchev–Trinajstić information content (AvgIpc) is 2.77. The Morgan fingerprint density at radius 3 is 2.79 bits per heavy atom. The zero-order valence-corrected chi connectivity index (χ0v) is 11.1. The van der Waals surface area contributed by atoms with E-state index in [2.05, 4.69) is 11.7 Å². The van der Waals surface area contributed by atoms with E-state index < -0.39 is 5.97 Å². The molecule has 1 aromatic carbocycles. The number of carboxylic acids is 1. The Kier molecular flexibility index (Phi) is 3.51.